The van der Waals surface area contributed by atoms with Gasteiger partial charge >= 0.3 is 6.09 Å². The monoisotopic (exact) mass is 453 g/mol. The van der Waals surface area contributed by atoms with Gasteiger partial charge in [-0.1, -0.05) is 81.4 Å². The van der Waals surface area contributed by atoms with E-state index in [1.807, 2.05) is 36.4 Å². The minimum absolute atomic E-state index is 0.166. The first-order valence-electron chi connectivity index (χ1n) is 11.3. The van der Waals surface area contributed by atoms with Crippen molar-refractivity contribution in [3.05, 3.63) is 60.7 Å². The number of ether oxygens (including phenoxy) is 1. The molecule has 1 heterocycles. The van der Waals surface area contributed by atoms with Crippen molar-refractivity contribution in [1.82, 2.24) is 4.90 Å². The fraction of sp³-hybridized carbons (Fsp3) is 0.462. The van der Waals surface area contributed by atoms with Crippen LogP contribution in [-0.2, 0) is 14.0 Å². The molecule has 6 heteroatoms. The Labute approximate surface area is 192 Å². The third-order valence-corrected chi connectivity index (χ3v) is 10.8. The van der Waals surface area contributed by atoms with Gasteiger partial charge in [-0.05, 0) is 42.6 Å². The highest BCUT2D eigenvalue weighted by Gasteiger charge is 2.52. The van der Waals surface area contributed by atoms with Crippen LogP contribution in [0.1, 0.15) is 54.4 Å². The Kier molecular flexibility index (Phi) is 6.96. The number of amides is 2. The lowest BCUT2D eigenvalue weighted by atomic mass is 10.1. The highest BCUT2D eigenvalue weighted by molar-refractivity contribution is 6.99. The molecule has 1 atom stereocenters. The van der Waals surface area contributed by atoms with Gasteiger partial charge in [0.05, 0.1) is 12.5 Å². The summed E-state index contributed by atoms with van der Waals surface area (Å²) in [4.78, 5) is 26.6. The predicted molar refractivity (Wildman–Crippen MR) is 130 cm³/mol. The first-order chi connectivity index (χ1) is 14.9. The maximum atomic E-state index is 12.9. The predicted octanol–water partition coefficient (Wildman–Crippen LogP) is 4.49. The summed E-state index contributed by atoms with van der Waals surface area (Å²) in [6.45, 7) is 12.4. The van der Waals surface area contributed by atoms with E-state index in [1.54, 1.807) is 20.8 Å². The van der Waals surface area contributed by atoms with E-state index in [-0.39, 0.29) is 23.5 Å². The molecule has 1 saturated heterocycles. The first kappa shape index (κ1) is 24.2. The third-order valence-electron chi connectivity index (χ3n) is 5.75. The van der Waals surface area contributed by atoms with Gasteiger partial charge in [-0.15, -0.1) is 0 Å². The normalized spacial score (nSPS) is 17.9. The summed E-state index contributed by atoms with van der Waals surface area (Å²) in [5.41, 5.74) is -0.639. The van der Waals surface area contributed by atoms with Crippen LogP contribution in [0.25, 0.3) is 0 Å². The molecule has 5 nitrogen and oxygen atoms in total. The minimum atomic E-state index is -2.74. The SMILES string of the molecule is CC(C)(C)OC(=O)N1CCC(O[Si](c2ccccc2)(c2ccccc2)C(C)(C)C)CC1=O. The number of benzene rings is 2. The summed E-state index contributed by atoms with van der Waals surface area (Å²) in [6.07, 6.45) is -0.0712. The van der Waals surface area contributed by atoms with E-state index in [0.717, 1.165) is 0 Å². The van der Waals surface area contributed by atoms with Crippen molar-refractivity contribution < 1.29 is 18.8 Å². The van der Waals surface area contributed by atoms with Gasteiger partial charge in [-0.3, -0.25) is 4.79 Å². The van der Waals surface area contributed by atoms with Crippen molar-refractivity contribution in [2.24, 2.45) is 0 Å². The zero-order chi connectivity index (χ0) is 23.6. The molecule has 0 spiro atoms. The quantitative estimate of drug-likeness (QED) is 0.640. The number of hydrogen-bond donors (Lipinski definition) is 0. The summed E-state index contributed by atoms with van der Waals surface area (Å²) in [5, 5.41) is 2.20. The standard InChI is InChI=1S/C26H35NO4Si/c1-25(2,3)30-24(29)27-18-17-20(19-23(27)28)31-32(26(4,5)6,21-13-9-7-10-14-21)22-15-11-8-12-16-22/h7-16,20H,17-19H2,1-6H3. The Morgan fingerprint density at radius 2 is 1.41 bits per heavy atom. The molecule has 0 radical (unpaired) electrons. The summed E-state index contributed by atoms with van der Waals surface area (Å²) in [7, 11) is -2.74. The van der Waals surface area contributed by atoms with E-state index < -0.39 is 20.0 Å². The zero-order valence-corrected chi connectivity index (χ0v) is 21.1. The Balaban J connectivity index is 1.92. The molecule has 1 fully saturated rings. The summed E-state index contributed by atoms with van der Waals surface area (Å²) < 4.78 is 12.5. The van der Waals surface area contributed by atoms with Crippen LogP contribution in [-0.4, -0.2) is 43.5 Å². The number of carbonyl (C=O) groups excluding carboxylic acids is 2. The molecule has 2 aromatic rings. The lowest BCUT2D eigenvalue weighted by Gasteiger charge is -2.46. The summed E-state index contributed by atoms with van der Waals surface area (Å²) >= 11 is 0. The molecule has 0 aliphatic carbocycles. The second-order valence-electron chi connectivity index (χ2n) is 10.4. The molecule has 0 bridgehead atoms. The molecule has 1 unspecified atom stereocenters. The molecular weight excluding hydrogens is 418 g/mol. The zero-order valence-electron chi connectivity index (χ0n) is 20.1. The van der Waals surface area contributed by atoms with Crippen molar-refractivity contribution in [2.45, 2.75) is 71.1 Å². The lowest BCUT2D eigenvalue weighted by molar-refractivity contribution is -0.135. The molecule has 1 aliphatic heterocycles. The summed E-state index contributed by atoms with van der Waals surface area (Å²) in [5.74, 6) is -0.242. The highest BCUT2D eigenvalue weighted by Crippen LogP contribution is 2.38. The number of carbonyl (C=O) groups is 2. The molecule has 2 amide bonds. The smallest absolute Gasteiger partial charge is 0.417 e. The van der Waals surface area contributed by atoms with E-state index >= 15 is 0 Å². The van der Waals surface area contributed by atoms with E-state index in [4.69, 9.17) is 9.16 Å². The Morgan fingerprint density at radius 1 is 0.906 bits per heavy atom. The second kappa shape index (κ2) is 9.20. The van der Waals surface area contributed by atoms with Crippen molar-refractivity contribution in [2.75, 3.05) is 6.54 Å². The van der Waals surface area contributed by atoms with Crippen LogP contribution < -0.4 is 10.4 Å². The fourth-order valence-electron chi connectivity index (χ4n) is 4.36. The van der Waals surface area contributed by atoms with E-state index in [9.17, 15) is 9.59 Å². The second-order valence-corrected chi connectivity index (χ2v) is 14.7. The average Bonchev–Trinajstić information content (AvgIpc) is 2.71. The van der Waals surface area contributed by atoms with Crippen molar-refractivity contribution in [3.63, 3.8) is 0 Å². The molecule has 3 rings (SSSR count). The minimum Gasteiger partial charge on any atom is -0.443 e. The molecule has 1 aliphatic rings. The van der Waals surface area contributed by atoms with Gasteiger partial charge in [0.25, 0.3) is 8.32 Å². The van der Waals surface area contributed by atoms with Crippen LogP contribution in [0.4, 0.5) is 4.79 Å². The van der Waals surface area contributed by atoms with Crippen molar-refractivity contribution >= 4 is 30.7 Å². The van der Waals surface area contributed by atoms with Gasteiger partial charge in [-0.2, -0.15) is 0 Å². The highest BCUT2D eigenvalue weighted by atomic mass is 28.4. The molecular formula is C26H35NO4Si. The maximum absolute atomic E-state index is 12.9. The van der Waals surface area contributed by atoms with Crippen LogP contribution in [0.5, 0.6) is 0 Å². The van der Waals surface area contributed by atoms with Gasteiger partial charge in [0.1, 0.15) is 5.60 Å². The molecule has 2 aromatic carbocycles. The molecule has 32 heavy (non-hydrogen) atoms. The van der Waals surface area contributed by atoms with Gasteiger partial charge in [-0.25, -0.2) is 9.69 Å². The first-order valence-corrected chi connectivity index (χ1v) is 13.2. The Morgan fingerprint density at radius 3 is 1.81 bits per heavy atom. The largest absolute Gasteiger partial charge is 0.443 e. The number of rotatable bonds is 4. The molecule has 0 aromatic heterocycles. The van der Waals surface area contributed by atoms with Crippen molar-refractivity contribution in [3.8, 4) is 0 Å². The Bertz CT molecular complexity index is 892. The van der Waals surface area contributed by atoms with Crippen LogP contribution in [0, 0.1) is 0 Å². The summed E-state index contributed by atoms with van der Waals surface area (Å²) in [6, 6.07) is 20.8. The number of likely N-dealkylation sites (tertiary alicyclic amines) is 1. The number of piperidine rings is 1. The molecule has 0 N–H and O–H groups in total. The van der Waals surface area contributed by atoms with Crippen LogP contribution in [0.15, 0.2) is 60.7 Å². The molecule has 0 saturated carbocycles. The molecule has 172 valence electrons. The average molecular weight is 454 g/mol. The van der Waals surface area contributed by atoms with E-state index in [1.165, 1.54) is 15.3 Å². The van der Waals surface area contributed by atoms with Crippen LogP contribution in [0.3, 0.4) is 0 Å². The van der Waals surface area contributed by atoms with Crippen LogP contribution in [0.2, 0.25) is 5.04 Å². The van der Waals surface area contributed by atoms with E-state index in [2.05, 4.69) is 45.0 Å². The topological polar surface area (TPSA) is 55.8 Å². The van der Waals surface area contributed by atoms with Crippen molar-refractivity contribution in [1.29, 1.82) is 0 Å². The number of nitrogens with zero attached hydrogens (tertiary/aromatic N) is 1. The fourth-order valence-corrected chi connectivity index (χ4v) is 9.07. The van der Waals surface area contributed by atoms with Gasteiger partial charge in [0, 0.05) is 6.54 Å². The van der Waals surface area contributed by atoms with Gasteiger partial charge < -0.3 is 9.16 Å². The van der Waals surface area contributed by atoms with Crippen LogP contribution >= 0.6 is 0 Å². The number of hydrogen-bond acceptors (Lipinski definition) is 4. The van der Waals surface area contributed by atoms with Gasteiger partial charge in [0.2, 0.25) is 5.91 Å². The Hall–Kier alpha value is -2.44. The van der Waals surface area contributed by atoms with E-state index in [0.29, 0.717) is 13.0 Å². The maximum Gasteiger partial charge on any atom is 0.417 e. The van der Waals surface area contributed by atoms with Gasteiger partial charge in [0.15, 0.2) is 0 Å². The lowest BCUT2D eigenvalue weighted by Crippen LogP contribution is -2.68. The number of imide groups is 1. The third kappa shape index (κ3) is 5.13.